The highest BCUT2D eigenvalue weighted by Crippen LogP contribution is 2.21. The number of hydrogen-bond acceptors (Lipinski definition) is 6. The lowest BCUT2D eigenvalue weighted by Gasteiger charge is -1.96. The zero-order valence-corrected chi connectivity index (χ0v) is 13.6. The molecule has 0 saturated heterocycles. The number of carbonyl (C=O) groups is 2. The molecule has 2 rings (SSSR count). The van der Waals surface area contributed by atoms with E-state index in [-0.39, 0.29) is 11.7 Å². The molecule has 1 N–H and O–H groups in total. The van der Waals surface area contributed by atoms with Crippen LogP contribution >= 0.6 is 22.7 Å². The van der Waals surface area contributed by atoms with Crippen molar-refractivity contribution in [3.8, 4) is 0 Å². The Balaban J connectivity index is 1.94. The van der Waals surface area contributed by atoms with Crippen LogP contribution in [-0.2, 0) is 6.42 Å². The van der Waals surface area contributed by atoms with E-state index >= 15 is 0 Å². The van der Waals surface area contributed by atoms with Crippen LogP contribution in [0.5, 0.6) is 0 Å². The predicted molar refractivity (Wildman–Crippen MR) is 85.4 cm³/mol. The number of aryl methyl sites for hydroxylation is 1. The van der Waals surface area contributed by atoms with Crippen molar-refractivity contribution in [1.82, 2.24) is 10.2 Å². The van der Waals surface area contributed by atoms with Gasteiger partial charge in [-0.05, 0) is 25.5 Å². The van der Waals surface area contributed by atoms with Gasteiger partial charge in [0.25, 0.3) is 5.91 Å². The second-order valence-electron chi connectivity index (χ2n) is 4.63. The van der Waals surface area contributed by atoms with Gasteiger partial charge in [0.05, 0.1) is 9.75 Å². The number of ketones is 1. The van der Waals surface area contributed by atoms with Crippen molar-refractivity contribution >= 4 is 39.5 Å². The van der Waals surface area contributed by atoms with Crippen molar-refractivity contribution < 1.29 is 9.59 Å². The van der Waals surface area contributed by atoms with E-state index in [1.807, 2.05) is 0 Å². The number of hydrogen-bond donors (Lipinski definition) is 1. The molecule has 0 radical (unpaired) electrons. The highest BCUT2D eigenvalue weighted by atomic mass is 32.1. The molecule has 0 spiro atoms. The lowest BCUT2D eigenvalue weighted by atomic mass is 10.2. The molecule has 7 heteroatoms. The smallest absolute Gasteiger partial charge is 0.267 e. The molecule has 2 heterocycles. The summed E-state index contributed by atoms with van der Waals surface area (Å²) in [5.41, 5.74) is 0. The summed E-state index contributed by atoms with van der Waals surface area (Å²) in [6.07, 6.45) is 4.32. The first-order chi connectivity index (χ1) is 10.1. The summed E-state index contributed by atoms with van der Waals surface area (Å²) >= 11 is 2.59. The Morgan fingerprint density at radius 3 is 2.57 bits per heavy atom. The van der Waals surface area contributed by atoms with E-state index in [4.69, 9.17) is 0 Å². The molecule has 0 saturated carbocycles. The number of rotatable bonds is 7. The van der Waals surface area contributed by atoms with Gasteiger partial charge in [0.2, 0.25) is 5.13 Å². The average molecular weight is 323 g/mol. The standard InChI is InChI=1S/C14H17N3O2S2/c1-3-4-5-6-12-16-17-14(21-12)15-13(19)11-8-7-10(20-11)9(2)18/h7-8H,3-6H2,1-2H3,(H,15,17,19). The molecule has 0 aliphatic carbocycles. The fourth-order valence-corrected chi connectivity index (χ4v) is 3.31. The van der Waals surface area contributed by atoms with Gasteiger partial charge in [0, 0.05) is 6.42 Å². The van der Waals surface area contributed by atoms with E-state index in [0.717, 1.165) is 17.8 Å². The van der Waals surface area contributed by atoms with Crippen molar-refractivity contribution in [2.24, 2.45) is 0 Å². The minimum Gasteiger partial charge on any atom is -0.296 e. The fraction of sp³-hybridized carbons (Fsp3) is 0.429. The minimum atomic E-state index is -0.247. The lowest BCUT2D eigenvalue weighted by molar-refractivity contribution is 0.101. The molecule has 0 unspecified atom stereocenters. The number of anilines is 1. The van der Waals surface area contributed by atoms with Crippen molar-refractivity contribution in [3.63, 3.8) is 0 Å². The Labute approximate surface area is 131 Å². The normalized spacial score (nSPS) is 10.6. The van der Waals surface area contributed by atoms with Gasteiger partial charge in [-0.25, -0.2) is 0 Å². The van der Waals surface area contributed by atoms with E-state index in [1.54, 1.807) is 12.1 Å². The minimum absolute atomic E-state index is 0.0341. The van der Waals surface area contributed by atoms with Crippen LogP contribution in [0.2, 0.25) is 0 Å². The topological polar surface area (TPSA) is 72.0 Å². The largest absolute Gasteiger partial charge is 0.296 e. The van der Waals surface area contributed by atoms with Crippen LogP contribution in [0, 0.1) is 0 Å². The monoisotopic (exact) mass is 323 g/mol. The third-order valence-electron chi connectivity index (χ3n) is 2.86. The van der Waals surface area contributed by atoms with Gasteiger partial charge in [-0.2, -0.15) is 0 Å². The molecule has 0 aromatic carbocycles. The molecule has 2 aromatic rings. The fourth-order valence-electron chi connectivity index (χ4n) is 1.74. The van der Waals surface area contributed by atoms with E-state index in [2.05, 4.69) is 22.4 Å². The molecular weight excluding hydrogens is 306 g/mol. The molecule has 0 bridgehead atoms. The van der Waals surface area contributed by atoms with Crippen molar-refractivity contribution in [3.05, 3.63) is 26.9 Å². The van der Waals surface area contributed by atoms with E-state index < -0.39 is 0 Å². The number of nitrogens with zero attached hydrogens (tertiary/aromatic N) is 2. The van der Waals surface area contributed by atoms with Crippen LogP contribution in [0.1, 0.15) is 57.5 Å². The molecular formula is C14H17N3O2S2. The van der Waals surface area contributed by atoms with Crippen molar-refractivity contribution in [2.45, 2.75) is 39.5 Å². The van der Waals surface area contributed by atoms with Crippen LogP contribution in [0.3, 0.4) is 0 Å². The zero-order chi connectivity index (χ0) is 15.2. The molecule has 112 valence electrons. The summed E-state index contributed by atoms with van der Waals surface area (Å²) in [5.74, 6) is -0.281. The Hall–Kier alpha value is -1.60. The molecule has 0 aliphatic heterocycles. The summed E-state index contributed by atoms with van der Waals surface area (Å²) in [4.78, 5) is 24.4. The second-order valence-corrected chi connectivity index (χ2v) is 6.78. The van der Waals surface area contributed by atoms with E-state index in [9.17, 15) is 9.59 Å². The highest BCUT2D eigenvalue weighted by molar-refractivity contribution is 7.17. The maximum atomic E-state index is 12.0. The van der Waals surface area contributed by atoms with Gasteiger partial charge in [-0.15, -0.1) is 21.5 Å². The maximum Gasteiger partial charge on any atom is 0.267 e. The van der Waals surface area contributed by atoms with E-state index in [1.165, 1.54) is 42.4 Å². The lowest BCUT2D eigenvalue weighted by Crippen LogP contribution is -2.09. The number of nitrogens with one attached hydrogen (secondary N) is 1. The maximum absolute atomic E-state index is 12.0. The second kappa shape index (κ2) is 7.42. The van der Waals surface area contributed by atoms with Crippen LogP contribution in [0.4, 0.5) is 5.13 Å². The summed E-state index contributed by atoms with van der Waals surface area (Å²) in [6.45, 7) is 3.64. The Kier molecular flexibility index (Phi) is 5.58. The van der Waals surface area contributed by atoms with E-state index in [0.29, 0.717) is 14.9 Å². The number of aromatic nitrogens is 2. The molecule has 21 heavy (non-hydrogen) atoms. The summed E-state index contributed by atoms with van der Waals surface area (Å²) < 4.78 is 0. The summed E-state index contributed by atoms with van der Waals surface area (Å²) in [7, 11) is 0. The molecule has 0 aliphatic rings. The highest BCUT2D eigenvalue weighted by Gasteiger charge is 2.13. The summed E-state index contributed by atoms with van der Waals surface area (Å²) in [5, 5.41) is 12.2. The molecule has 1 amide bonds. The first-order valence-electron chi connectivity index (χ1n) is 6.84. The summed E-state index contributed by atoms with van der Waals surface area (Å²) in [6, 6.07) is 3.32. The SMILES string of the molecule is CCCCCc1nnc(NC(=O)c2ccc(C(C)=O)s2)s1. The molecule has 0 fully saturated rings. The van der Waals surface area contributed by atoms with Crippen LogP contribution in [-0.4, -0.2) is 21.9 Å². The third-order valence-corrected chi connectivity index (χ3v) is 4.94. The van der Waals surface area contributed by atoms with Gasteiger partial charge in [0.1, 0.15) is 5.01 Å². The predicted octanol–water partition coefficient (Wildman–Crippen LogP) is 3.79. The number of carbonyl (C=O) groups excluding carboxylic acids is 2. The van der Waals surface area contributed by atoms with Crippen molar-refractivity contribution in [2.75, 3.05) is 5.32 Å². The van der Waals surface area contributed by atoms with Crippen LogP contribution < -0.4 is 5.32 Å². The number of amides is 1. The number of thiophene rings is 1. The Morgan fingerprint density at radius 1 is 1.14 bits per heavy atom. The van der Waals surface area contributed by atoms with Gasteiger partial charge < -0.3 is 0 Å². The quantitative estimate of drug-likeness (QED) is 0.621. The molecule has 5 nitrogen and oxygen atoms in total. The Morgan fingerprint density at radius 2 is 1.90 bits per heavy atom. The van der Waals surface area contributed by atoms with Crippen LogP contribution in [0.25, 0.3) is 0 Å². The van der Waals surface area contributed by atoms with Crippen LogP contribution in [0.15, 0.2) is 12.1 Å². The zero-order valence-electron chi connectivity index (χ0n) is 12.0. The first kappa shape index (κ1) is 15.8. The van der Waals surface area contributed by atoms with Gasteiger partial charge >= 0.3 is 0 Å². The van der Waals surface area contributed by atoms with Gasteiger partial charge in [-0.1, -0.05) is 31.1 Å². The average Bonchev–Trinajstić information content (AvgIpc) is 3.08. The number of unbranched alkanes of at least 4 members (excludes halogenated alkanes) is 2. The van der Waals surface area contributed by atoms with Crippen molar-refractivity contribution in [1.29, 1.82) is 0 Å². The molecule has 0 atom stereocenters. The third kappa shape index (κ3) is 4.44. The Bertz CT molecular complexity index is 634. The van der Waals surface area contributed by atoms with Gasteiger partial charge in [0.15, 0.2) is 5.78 Å². The number of Topliss-reactive ketones (excluding diaryl/α,β-unsaturated/α-hetero) is 1. The molecule has 2 aromatic heterocycles. The van der Waals surface area contributed by atoms with Gasteiger partial charge in [-0.3, -0.25) is 14.9 Å². The first-order valence-corrected chi connectivity index (χ1v) is 8.48.